The smallest absolute Gasteiger partial charge is 0.320 e. The molecule has 0 aromatic heterocycles. The molecular weight excluding hydrogens is 363 g/mol. The third-order valence-electron chi connectivity index (χ3n) is 3.80. The number of rotatable bonds is 5. The Balaban J connectivity index is 0.00000264. The van der Waals surface area contributed by atoms with Crippen molar-refractivity contribution in [2.75, 3.05) is 13.1 Å². The molecule has 1 amide bonds. The van der Waals surface area contributed by atoms with E-state index in [4.69, 9.17) is 28.3 Å². The number of nitrogens with zero attached hydrogens (tertiary/aromatic N) is 1. The molecular formula is C15H19Cl3N2O3. The molecule has 2 N–H and O–H groups in total. The van der Waals surface area contributed by atoms with Gasteiger partial charge >= 0.3 is 5.97 Å². The van der Waals surface area contributed by atoms with Crippen LogP contribution < -0.4 is 5.32 Å². The quantitative estimate of drug-likeness (QED) is 0.822. The van der Waals surface area contributed by atoms with Crippen molar-refractivity contribution in [3.63, 3.8) is 0 Å². The van der Waals surface area contributed by atoms with Gasteiger partial charge in [0.2, 0.25) is 5.91 Å². The Kier molecular flexibility index (Phi) is 7.61. The summed E-state index contributed by atoms with van der Waals surface area (Å²) in [4.78, 5) is 24.9. The zero-order chi connectivity index (χ0) is 16.3. The number of nitrogens with one attached hydrogen (secondary N) is 1. The van der Waals surface area contributed by atoms with Crippen LogP contribution in [0.15, 0.2) is 18.2 Å². The number of carboxylic acids is 1. The Hall–Kier alpha value is -1.01. The van der Waals surface area contributed by atoms with E-state index in [1.165, 1.54) is 0 Å². The molecule has 0 bridgehead atoms. The standard InChI is InChI=1S/C15H18Cl2N2O3.ClH/c1-9(11-5-4-10(16)7-12(11)17)18-14(20)8-19-6-2-3-13(19)15(21)22;/h4-5,7,9,13H,2-3,6,8H2,1H3,(H,18,20)(H,21,22);1H. The highest BCUT2D eigenvalue weighted by Gasteiger charge is 2.31. The zero-order valence-corrected chi connectivity index (χ0v) is 14.9. The van der Waals surface area contributed by atoms with Gasteiger partial charge in [0.25, 0.3) is 0 Å². The largest absolute Gasteiger partial charge is 0.480 e. The van der Waals surface area contributed by atoms with Crippen LogP contribution in [-0.2, 0) is 9.59 Å². The van der Waals surface area contributed by atoms with E-state index in [0.717, 1.165) is 12.0 Å². The molecule has 128 valence electrons. The Morgan fingerprint density at radius 2 is 2.13 bits per heavy atom. The van der Waals surface area contributed by atoms with E-state index in [2.05, 4.69) is 5.32 Å². The fraction of sp³-hybridized carbons (Fsp3) is 0.467. The lowest BCUT2D eigenvalue weighted by molar-refractivity contribution is -0.142. The first kappa shape index (κ1) is 20.0. The topological polar surface area (TPSA) is 69.6 Å². The van der Waals surface area contributed by atoms with Crippen LogP contribution in [0.25, 0.3) is 0 Å². The Labute approximate surface area is 151 Å². The molecule has 0 aliphatic carbocycles. The summed E-state index contributed by atoms with van der Waals surface area (Å²) >= 11 is 12.0. The maximum atomic E-state index is 12.1. The molecule has 23 heavy (non-hydrogen) atoms. The van der Waals surface area contributed by atoms with Crippen molar-refractivity contribution in [1.29, 1.82) is 0 Å². The summed E-state index contributed by atoms with van der Waals surface area (Å²) in [5, 5.41) is 13.0. The highest BCUT2D eigenvalue weighted by Crippen LogP contribution is 2.26. The van der Waals surface area contributed by atoms with Gasteiger partial charge in [0, 0.05) is 10.0 Å². The number of hydrogen-bond donors (Lipinski definition) is 2. The Morgan fingerprint density at radius 1 is 1.43 bits per heavy atom. The van der Waals surface area contributed by atoms with Crippen LogP contribution in [0, 0.1) is 0 Å². The Morgan fingerprint density at radius 3 is 2.74 bits per heavy atom. The molecule has 1 aromatic carbocycles. The molecule has 8 heteroatoms. The van der Waals surface area contributed by atoms with Crippen molar-refractivity contribution in [1.82, 2.24) is 10.2 Å². The third kappa shape index (κ3) is 5.24. The van der Waals surface area contributed by atoms with Gasteiger partial charge in [-0.15, -0.1) is 12.4 Å². The number of likely N-dealkylation sites (tertiary alicyclic amines) is 1. The predicted octanol–water partition coefficient (Wildman–Crippen LogP) is 3.14. The highest BCUT2D eigenvalue weighted by atomic mass is 35.5. The molecule has 2 unspecified atom stereocenters. The number of hydrogen-bond acceptors (Lipinski definition) is 3. The SMILES string of the molecule is CC(NC(=O)CN1CCCC1C(=O)O)c1ccc(Cl)cc1Cl.Cl. The van der Waals surface area contributed by atoms with Gasteiger partial charge in [-0.1, -0.05) is 29.3 Å². The number of halogens is 3. The first-order valence-electron chi connectivity index (χ1n) is 7.09. The number of amides is 1. The molecule has 1 saturated heterocycles. The minimum Gasteiger partial charge on any atom is -0.480 e. The summed E-state index contributed by atoms with van der Waals surface area (Å²) in [5.41, 5.74) is 0.774. The van der Waals surface area contributed by atoms with E-state index in [1.54, 1.807) is 23.1 Å². The van der Waals surface area contributed by atoms with Crippen molar-refractivity contribution < 1.29 is 14.7 Å². The molecule has 1 heterocycles. The predicted molar refractivity (Wildman–Crippen MR) is 92.5 cm³/mol. The van der Waals surface area contributed by atoms with Crippen LogP contribution >= 0.6 is 35.6 Å². The van der Waals surface area contributed by atoms with Crippen LogP contribution in [0.5, 0.6) is 0 Å². The second-order valence-electron chi connectivity index (χ2n) is 5.42. The van der Waals surface area contributed by atoms with E-state index in [1.807, 2.05) is 6.92 Å². The molecule has 5 nitrogen and oxygen atoms in total. The molecule has 1 aliphatic rings. The summed E-state index contributed by atoms with van der Waals surface area (Å²) in [6, 6.07) is 4.27. The van der Waals surface area contributed by atoms with Gasteiger partial charge in [0.15, 0.2) is 0 Å². The fourth-order valence-electron chi connectivity index (χ4n) is 2.70. The maximum Gasteiger partial charge on any atom is 0.320 e. The molecule has 0 spiro atoms. The number of carboxylic acid groups (broad SMARTS) is 1. The molecule has 0 saturated carbocycles. The van der Waals surface area contributed by atoms with Gasteiger partial charge in [0.1, 0.15) is 6.04 Å². The van der Waals surface area contributed by atoms with E-state index in [0.29, 0.717) is 23.0 Å². The average molecular weight is 382 g/mol. The molecule has 2 rings (SSSR count). The van der Waals surface area contributed by atoms with E-state index in [-0.39, 0.29) is 30.9 Å². The number of carbonyl (C=O) groups excluding carboxylic acids is 1. The van der Waals surface area contributed by atoms with Crippen molar-refractivity contribution in [2.45, 2.75) is 31.8 Å². The fourth-order valence-corrected chi connectivity index (χ4v) is 3.27. The second-order valence-corrected chi connectivity index (χ2v) is 6.27. The molecule has 1 aliphatic heterocycles. The van der Waals surface area contributed by atoms with Gasteiger partial charge in [0.05, 0.1) is 12.6 Å². The van der Waals surface area contributed by atoms with E-state index >= 15 is 0 Å². The number of aliphatic carboxylic acids is 1. The first-order chi connectivity index (χ1) is 10.4. The minimum atomic E-state index is -0.876. The van der Waals surface area contributed by atoms with Gasteiger partial charge in [-0.2, -0.15) is 0 Å². The van der Waals surface area contributed by atoms with E-state index < -0.39 is 12.0 Å². The monoisotopic (exact) mass is 380 g/mol. The lowest BCUT2D eigenvalue weighted by Gasteiger charge is -2.22. The number of carbonyl (C=O) groups is 2. The molecule has 1 aromatic rings. The van der Waals surface area contributed by atoms with Crippen molar-refractivity contribution in [3.05, 3.63) is 33.8 Å². The van der Waals surface area contributed by atoms with Crippen molar-refractivity contribution in [3.8, 4) is 0 Å². The maximum absolute atomic E-state index is 12.1. The van der Waals surface area contributed by atoms with Crippen LogP contribution in [0.2, 0.25) is 10.0 Å². The van der Waals surface area contributed by atoms with Crippen LogP contribution in [0.3, 0.4) is 0 Å². The molecule has 1 fully saturated rings. The summed E-state index contributed by atoms with van der Waals surface area (Å²) in [6.07, 6.45) is 1.38. The van der Waals surface area contributed by atoms with Crippen molar-refractivity contribution in [2.24, 2.45) is 0 Å². The summed E-state index contributed by atoms with van der Waals surface area (Å²) < 4.78 is 0. The van der Waals surface area contributed by atoms with Crippen LogP contribution in [0.4, 0.5) is 0 Å². The third-order valence-corrected chi connectivity index (χ3v) is 4.36. The highest BCUT2D eigenvalue weighted by molar-refractivity contribution is 6.35. The second kappa shape index (κ2) is 8.73. The van der Waals surface area contributed by atoms with Gasteiger partial charge in [-0.05, 0) is 44.0 Å². The summed E-state index contributed by atoms with van der Waals surface area (Å²) in [7, 11) is 0. The number of benzene rings is 1. The normalized spacial score (nSPS) is 19.0. The molecule has 2 atom stereocenters. The summed E-state index contributed by atoms with van der Waals surface area (Å²) in [6.45, 7) is 2.53. The lowest BCUT2D eigenvalue weighted by Crippen LogP contribution is -2.43. The summed E-state index contributed by atoms with van der Waals surface area (Å²) in [5.74, 6) is -1.09. The first-order valence-corrected chi connectivity index (χ1v) is 7.85. The van der Waals surface area contributed by atoms with Crippen LogP contribution in [-0.4, -0.2) is 41.0 Å². The minimum absolute atomic E-state index is 0. The van der Waals surface area contributed by atoms with Crippen LogP contribution in [0.1, 0.15) is 31.4 Å². The zero-order valence-electron chi connectivity index (χ0n) is 12.6. The molecule has 0 radical (unpaired) electrons. The lowest BCUT2D eigenvalue weighted by atomic mass is 10.1. The average Bonchev–Trinajstić information content (AvgIpc) is 2.86. The van der Waals surface area contributed by atoms with Gasteiger partial charge in [-0.3, -0.25) is 14.5 Å². The van der Waals surface area contributed by atoms with Gasteiger partial charge in [-0.25, -0.2) is 0 Å². The van der Waals surface area contributed by atoms with Crippen molar-refractivity contribution >= 4 is 47.5 Å². The van der Waals surface area contributed by atoms with Gasteiger partial charge < -0.3 is 10.4 Å². The Bertz CT molecular complexity index is 583. The van der Waals surface area contributed by atoms with E-state index in [9.17, 15) is 9.59 Å².